The Bertz CT molecular complexity index is 1050. The molecule has 3 aromatic rings. The van der Waals surface area contributed by atoms with E-state index in [1.807, 2.05) is 0 Å². The van der Waals surface area contributed by atoms with Gasteiger partial charge in [-0.2, -0.15) is 0 Å². The van der Waals surface area contributed by atoms with Crippen molar-refractivity contribution in [1.82, 2.24) is 4.98 Å². The van der Waals surface area contributed by atoms with Gasteiger partial charge in [0.2, 0.25) is 5.43 Å². The van der Waals surface area contributed by atoms with E-state index in [2.05, 4.69) is 9.98 Å². The fourth-order valence-corrected chi connectivity index (χ4v) is 2.59. The van der Waals surface area contributed by atoms with Crippen LogP contribution in [-0.2, 0) is 0 Å². The number of fused-ring (bicyclic) bond motifs is 3. The zero-order chi connectivity index (χ0) is 16.0. The summed E-state index contributed by atoms with van der Waals surface area (Å²) < 4.78 is 5.34. The molecule has 0 atom stereocenters. The number of nitrogens with two attached hydrogens (primary N) is 1. The van der Waals surface area contributed by atoms with Crippen molar-refractivity contribution in [2.75, 3.05) is 0 Å². The molecular weight excluding hydrogens is 294 g/mol. The lowest BCUT2D eigenvalue weighted by Gasteiger charge is -2.14. The highest BCUT2D eigenvalue weighted by Crippen LogP contribution is 2.26. The third-order valence-corrected chi connectivity index (χ3v) is 3.69. The highest BCUT2D eigenvalue weighted by molar-refractivity contribution is 6.07. The molecule has 1 aliphatic rings. The summed E-state index contributed by atoms with van der Waals surface area (Å²) in [7, 11) is 0. The second kappa shape index (κ2) is 4.81. The van der Waals surface area contributed by atoms with Crippen molar-refractivity contribution < 1.29 is 9.53 Å². The van der Waals surface area contributed by atoms with Crippen LogP contribution in [0.15, 0.2) is 58.3 Å². The van der Waals surface area contributed by atoms with E-state index in [1.54, 1.807) is 48.5 Å². The number of rotatable bonds is 0. The number of pyridine rings is 1. The Morgan fingerprint density at radius 1 is 1.00 bits per heavy atom. The van der Waals surface area contributed by atoms with E-state index in [0.29, 0.717) is 16.5 Å². The van der Waals surface area contributed by atoms with Crippen LogP contribution in [0.2, 0.25) is 0 Å². The smallest absolute Gasteiger partial charge is 0.351 e. The molecule has 112 valence electrons. The number of aliphatic imine (C=N–C) groups is 1. The number of carbonyl (C=O) groups excluding carboxylic acids is 1. The van der Waals surface area contributed by atoms with Gasteiger partial charge in [0.05, 0.1) is 11.1 Å². The molecule has 23 heavy (non-hydrogen) atoms. The molecule has 2 heterocycles. The van der Waals surface area contributed by atoms with Gasteiger partial charge in [0.1, 0.15) is 11.6 Å². The van der Waals surface area contributed by atoms with Crippen LogP contribution < -0.4 is 15.9 Å². The average Bonchev–Trinajstić information content (AvgIpc) is 2.54. The van der Waals surface area contributed by atoms with Crippen LogP contribution >= 0.6 is 0 Å². The number of carbonyl (C=O) groups is 1. The quantitative estimate of drug-likeness (QED) is 0.491. The minimum Gasteiger partial charge on any atom is -0.422 e. The van der Waals surface area contributed by atoms with Crippen LogP contribution in [0.4, 0.5) is 5.82 Å². The Balaban J connectivity index is 2.09. The van der Waals surface area contributed by atoms with Gasteiger partial charge in [0.25, 0.3) is 0 Å². The van der Waals surface area contributed by atoms with E-state index in [9.17, 15) is 9.59 Å². The summed E-state index contributed by atoms with van der Waals surface area (Å²) in [5, 5.41) is 0.394. The van der Waals surface area contributed by atoms with Crippen molar-refractivity contribution in [2.45, 2.75) is 0 Å². The zero-order valence-corrected chi connectivity index (χ0v) is 11.9. The van der Waals surface area contributed by atoms with Gasteiger partial charge >= 0.3 is 5.97 Å². The molecule has 0 radical (unpaired) electrons. The van der Waals surface area contributed by atoms with E-state index < -0.39 is 11.4 Å². The van der Waals surface area contributed by atoms with Crippen LogP contribution in [-0.4, -0.2) is 16.8 Å². The molecular formula is C17H11N3O3. The zero-order valence-electron chi connectivity index (χ0n) is 11.9. The predicted octanol–water partition coefficient (Wildman–Crippen LogP) is 2.10. The molecule has 0 spiro atoms. The van der Waals surface area contributed by atoms with Gasteiger partial charge in [-0.05, 0) is 24.3 Å². The van der Waals surface area contributed by atoms with E-state index in [1.165, 1.54) is 0 Å². The first-order valence-corrected chi connectivity index (χ1v) is 6.96. The van der Waals surface area contributed by atoms with Gasteiger partial charge in [-0.1, -0.05) is 24.3 Å². The van der Waals surface area contributed by atoms with E-state index in [4.69, 9.17) is 10.5 Å². The number of hydrogen-bond donors (Lipinski definition) is 2. The number of H-pyrrole nitrogens is 1. The summed E-state index contributed by atoms with van der Waals surface area (Å²) in [6.07, 6.45) is 0. The Hall–Kier alpha value is -3.41. The predicted molar refractivity (Wildman–Crippen MR) is 86.4 cm³/mol. The summed E-state index contributed by atoms with van der Waals surface area (Å²) in [4.78, 5) is 32.3. The number of nitrogens with zero attached hydrogens (tertiary/aromatic N) is 1. The van der Waals surface area contributed by atoms with Crippen molar-refractivity contribution >= 4 is 28.5 Å². The summed E-state index contributed by atoms with van der Waals surface area (Å²) in [6, 6.07) is 13.7. The van der Waals surface area contributed by atoms with E-state index in [-0.39, 0.29) is 23.0 Å². The summed E-state index contributed by atoms with van der Waals surface area (Å²) in [5.41, 5.74) is 6.50. The van der Waals surface area contributed by atoms with Crippen molar-refractivity contribution in [3.05, 3.63) is 69.9 Å². The number of aromatic nitrogens is 1. The van der Waals surface area contributed by atoms with Crippen LogP contribution in [0.25, 0.3) is 10.9 Å². The van der Waals surface area contributed by atoms with Gasteiger partial charge in [0.15, 0.2) is 11.4 Å². The second-order valence-electron chi connectivity index (χ2n) is 5.11. The van der Waals surface area contributed by atoms with Gasteiger partial charge < -0.3 is 15.5 Å². The molecule has 0 bridgehead atoms. The molecule has 1 aromatic heterocycles. The number of benzene rings is 2. The molecule has 3 N–H and O–H groups in total. The summed E-state index contributed by atoms with van der Waals surface area (Å²) in [6.45, 7) is 0. The molecule has 6 heteroatoms. The maximum atomic E-state index is 12.6. The molecule has 1 aliphatic heterocycles. The second-order valence-corrected chi connectivity index (χ2v) is 5.11. The van der Waals surface area contributed by atoms with Gasteiger partial charge in [0, 0.05) is 5.39 Å². The molecule has 2 aromatic carbocycles. The lowest BCUT2D eigenvalue weighted by Crippen LogP contribution is -2.25. The standard InChI is InChI=1S/C17H11N3O3/c18-15-10-6-2-4-8-12(10)23-17(22)13-14(21)9-5-1-3-7-11(9)19-16(13)20-15/h1-8H,(H3,18,19,20,21). The van der Waals surface area contributed by atoms with Crippen molar-refractivity contribution in [1.29, 1.82) is 0 Å². The maximum Gasteiger partial charge on any atom is 0.351 e. The molecule has 0 fully saturated rings. The third kappa shape index (κ3) is 2.00. The summed E-state index contributed by atoms with van der Waals surface area (Å²) in [5.74, 6) is -0.210. The lowest BCUT2D eigenvalue weighted by molar-refractivity contribution is 0.0733. The molecule has 0 unspecified atom stereocenters. The molecule has 0 amide bonds. The van der Waals surface area contributed by atoms with Crippen LogP contribution in [0, 0.1) is 0 Å². The topological polar surface area (TPSA) is 97.5 Å². The summed E-state index contributed by atoms with van der Waals surface area (Å²) >= 11 is 0. The van der Waals surface area contributed by atoms with Crippen LogP contribution in [0.1, 0.15) is 15.9 Å². The van der Waals surface area contributed by atoms with Gasteiger partial charge in [-0.15, -0.1) is 0 Å². The SMILES string of the molecule is N/C1=N/c2[nH]c3ccccc3c(=O)c2C(=O)Oc2ccccc21. The largest absolute Gasteiger partial charge is 0.422 e. The molecule has 0 saturated carbocycles. The Labute approximate surface area is 130 Å². The number of ether oxygens (including phenoxy) is 1. The van der Waals surface area contributed by atoms with Crippen molar-refractivity contribution in [3.8, 4) is 5.75 Å². The van der Waals surface area contributed by atoms with Gasteiger partial charge in [-0.3, -0.25) is 4.79 Å². The lowest BCUT2D eigenvalue weighted by atomic mass is 10.1. The fourth-order valence-electron chi connectivity index (χ4n) is 2.59. The minimum absolute atomic E-state index is 0.103. The van der Waals surface area contributed by atoms with Crippen LogP contribution in [0.3, 0.4) is 0 Å². The number of hydrogen-bond acceptors (Lipinski definition) is 5. The third-order valence-electron chi connectivity index (χ3n) is 3.69. The Morgan fingerprint density at radius 3 is 2.61 bits per heavy atom. The molecule has 6 nitrogen and oxygen atoms in total. The normalized spacial score (nSPS) is 15.7. The first-order valence-electron chi connectivity index (χ1n) is 6.96. The molecule has 0 aliphatic carbocycles. The van der Waals surface area contributed by atoms with Crippen LogP contribution in [0.5, 0.6) is 5.75 Å². The number of para-hydroxylation sites is 2. The first kappa shape index (κ1) is 13.3. The number of esters is 1. The minimum atomic E-state index is -0.754. The van der Waals surface area contributed by atoms with Crippen molar-refractivity contribution in [2.24, 2.45) is 10.7 Å². The average molecular weight is 305 g/mol. The molecule has 4 rings (SSSR count). The fraction of sp³-hybridized carbons (Fsp3) is 0. The first-order chi connectivity index (χ1) is 11.1. The number of amidine groups is 1. The maximum absolute atomic E-state index is 12.6. The van der Waals surface area contributed by atoms with Gasteiger partial charge in [-0.25, -0.2) is 9.79 Å². The monoisotopic (exact) mass is 305 g/mol. The van der Waals surface area contributed by atoms with Crippen molar-refractivity contribution in [3.63, 3.8) is 0 Å². The van der Waals surface area contributed by atoms with E-state index in [0.717, 1.165) is 0 Å². The van der Waals surface area contributed by atoms with E-state index >= 15 is 0 Å². The molecule has 0 saturated heterocycles. The highest BCUT2D eigenvalue weighted by Gasteiger charge is 2.25. The Morgan fingerprint density at radius 2 is 1.74 bits per heavy atom. The highest BCUT2D eigenvalue weighted by atomic mass is 16.5. The number of nitrogens with one attached hydrogen (secondary N) is 1. The Kier molecular flexibility index (Phi) is 2.77. The number of aromatic amines is 1.